The first-order valence-corrected chi connectivity index (χ1v) is 8.62. The molecule has 0 fully saturated rings. The molecule has 0 aliphatic heterocycles. The number of halogens is 3. The lowest BCUT2D eigenvalue weighted by Crippen LogP contribution is -2.15. The molecule has 0 saturated carbocycles. The standard InChI is InChI=1S/C17H13F3N4O2S/c18-17(19,20)10-4-3-5-11(8-10)21-14(26)9-27-16-22-15(23-24-16)12-6-1-2-7-13(12)25/h1-8,25H,9H2,(H,21,26)(H,22,23,24). The van der Waals surface area contributed by atoms with Crippen LogP contribution in [0.15, 0.2) is 53.7 Å². The number of benzene rings is 2. The molecule has 6 nitrogen and oxygen atoms in total. The Balaban J connectivity index is 1.60. The smallest absolute Gasteiger partial charge is 0.416 e. The van der Waals surface area contributed by atoms with Crippen LogP contribution in [0.5, 0.6) is 5.75 Å². The van der Waals surface area contributed by atoms with Crippen LogP contribution in [0, 0.1) is 0 Å². The maximum absolute atomic E-state index is 12.7. The summed E-state index contributed by atoms with van der Waals surface area (Å²) in [5.41, 5.74) is -0.320. The number of phenols is 1. The SMILES string of the molecule is O=C(CSc1n[nH]c(-c2ccccc2O)n1)Nc1cccc(C(F)(F)F)c1. The number of alkyl halides is 3. The van der Waals surface area contributed by atoms with Crippen molar-refractivity contribution in [2.45, 2.75) is 11.3 Å². The number of nitrogens with one attached hydrogen (secondary N) is 2. The Hall–Kier alpha value is -3.01. The second-order valence-corrected chi connectivity index (χ2v) is 6.34. The monoisotopic (exact) mass is 394 g/mol. The van der Waals surface area contributed by atoms with Gasteiger partial charge in [0.1, 0.15) is 5.75 Å². The van der Waals surface area contributed by atoms with Gasteiger partial charge in [-0.2, -0.15) is 13.2 Å². The molecule has 10 heteroatoms. The zero-order valence-electron chi connectivity index (χ0n) is 13.6. The van der Waals surface area contributed by atoms with Crippen LogP contribution in [0.1, 0.15) is 5.56 Å². The van der Waals surface area contributed by atoms with Gasteiger partial charge < -0.3 is 10.4 Å². The van der Waals surface area contributed by atoms with Gasteiger partial charge in [0.2, 0.25) is 11.1 Å². The number of hydrogen-bond donors (Lipinski definition) is 3. The van der Waals surface area contributed by atoms with Gasteiger partial charge in [0.25, 0.3) is 0 Å². The van der Waals surface area contributed by atoms with E-state index in [2.05, 4.69) is 20.5 Å². The highest BCUT2D eigenvalue weighted by Gasteiger charge is 2.30. The Morgan fingerprint density at radius 3 is 2.70 bits per heavy atom. The zero-order chi connectivity index (χ0) is 19.4. The summed E-state index contributed by atoms with van der Waals surface area (Å²) in [5.74, 6) is -0.205. The van der Waals surface area contributed by atoms with Gasteiger partial charge >= 0.3 is 6.18 Å². The number of anilines is 1. The molecule has 1 aromatic heterocycles. The maximum atomic E-state index is 12.7. The molecule has 0 radical (unpaired) electrons. The van der Waals surface area contributed by atoms with Gasteiger partial charge in [-0.05, 0) is 30.3 Å². The fraction of sp³-hybridized carbons (Fsp3) is 0.118. The molecule has 0 bridgehead atoms. The van der Waals surface area contributed by atoms with Gasteiger partial charge in [0.05, 0.1) is 16.9 Å². The third-order valence-electron chi connectivity index (χ3n) is 3.43. The number of aromatic hydroxyl groups is 1. The number of amides is 1. The predicted octanol–water partition coefficient (Wildman–Crippen LogP) is 3.93. The van der Waals surface area contributed by atoms with E-state index in [1.807, 2.05) is 0 Å². The number of rotatable bonds is 5. The van der Waals surface area contributed by atoms with Crippen molar-refractivity contribution in [2.75, 3.05) is 11.1 Å². The maximum Gasteiger partial charge on any atom is 0.416 e. The molecule has 0 aliphatic carbocycles. The summed E-state index contributed by atoms with van der Waals surface area (Å²) >= 11 is 1.01. The van der Waals surface area contributed by atoms with E-state index in [1.54, 1.807) is 18.2 Å². The van der Waals surface area contributed by atoms with Crippen LogP contribution in [-0.4, -0.2) is 31.9 Å². The highest BCUT2D eigenvalue weighted by Crippen LogP contribution is 2.31. The molecule has 0 atom stereocenters. The second-order valence-electron chi connectivity index (χ2n) is 5.40. The first-order chi connectivity index (χ1) is 12.8. The first kappa shape index (κ1) is 18.8. The van der Waals surface area contributed by atoms with Crippen molar-refractivity contribution in [1.29, 1.82) is 0 Å². The summed E-state index contributed by atoms with van der Waals surface area (Å²) in [7, 11) is 0. The predicted molar refractivity (Wildman–Crippen MR) is 94.3 cm³/mol. The molecule has 3 N–H and O–H groups in total. The van der Waals surface area contributed by atoms with Crippen LogP contribution >= 0.6 is 11.8 Å². The summed E-state index contributed by atoms with van der Waals surface area (Å²) < 4.78 is 38.1. The molecule has 1 heterocycles. The number of carbonyl (C=O) groups excluding carboxylic acids is 1. The van der Waals surface area contributed by atoms with E-state index in [9.17, 15) is 23.1 Å². The van der Waals surface area contributed by atoms with E-state index >= 15 is 0 Å². The number of aromatic nitrogens is 3. The molecule has 1 amide bonds. The Morgan fingerprint density at radius 1 is 1.19 bits per heavy atom. The summed E-state index contributed by atoms with van der Waals surface area (Å²) in [6, 6.07) is 11.0. The van der Waals surface area contributed by atoms with E-state index in [4.69, 9.17) is 0 Å². The van der Waals surface area contributed by atoms with E-state index in [0.29, 0.717) is 11.4 Å². The second kappa shape index (κ2) is 7.70. The molecule has 0 aliphatic rings. The van der Waals surface area contributed by atoms with E-state index in [0.717, 1.165) is 23.9 Å². The molecule has 3 aromatic rings. The molecule has 0 saturated heterocycles. The molecule has 140 valence electrons. The Kier molecular flexibility index (Phi) is 5.36. The van der Waals surface area contributed by atoms with Crippen molar-refractivity contribution in [3.05, 3.63) is 54.1 Å². The average molecular weight is 394 g/mol. The van der Waals surface area contributed by atoms with Crippen LogP contribution < -0.4 is 5.32 Å². The third kappa shape index (κ3) is 4.79. The van der Waals surface area contributed by atoms with Crippen LogP contribution in [0.3, 0.4) is 0 Å². The molecule has 2 aromatic carbocycles. The lowest BCUT2D eigenvalue weighted by molar-refractivity contribution is -0.137. The van der Waals surface area contributed by atoms with Crippen molar-refractivity contribution in [2.24, 2.45) is 0 Å². The molecule has 27 heavy (non-hydrogen) atoms. The number of hydrogen-bond acceptors (Lipinski definition) is 5. The fourth-order valence-electron chi connectivity index (χ4n) is 2.21. The Bertz CT molecular complexity index is 959. The number of para-hydroxylation sites is 1. The Morgan fingerprint density at radius 2 is 1.96 bits per heavy atom. The van der Waals surface area contributed by atoms with Crippen molar-refractivity contribution in [3.8, 4) is 17.1 Å². The van der Waals surface area contributed by atoms with Crippen molar-refractivity contribution in [1.82, 2.24) is 15.2 Å². The molecule has 0 unspecified atom stereocenters. The third-order valence-corrected chi connectivity index (χ3v) is 4.28. The van der Waals surface area contributed by atoms with Gasteiger partial charge in [-0.15, -0.1) is 5.10 Å². The van der Waals surface area contributed by atoms with Gasteiger partial charge in [-0.25, -0.2) is 4.98 Å². The minimum Gasteiger partial charge on any atom is -0.507 e. The molecule has 0 spiro atoms. The van der Waals surface area contributed by atoms with Gasteiger partial charge in [0.15, 0.2) is 5.82 Å². The lowest BCUT2D eigenvalue weighted by Gasteiger charge is -2.09. The topological polar surface area (TPSA) is 90.9 Å². The molecular formula is C17H13F3N4O2S. The summed E-state index contributed by atoms with van der Waals surface area (Å²) in [5, 5.41) is 19.1. The Labute approximate surface area is 155 Å². The van der Waals surface area contributed by atoms with Gasteiger partial charge in [0, 0.05) is 5.69 Å². The number of phenolic OH excluding ortho intramolecular Hbond substituents is 1. The number of H-pyrrole nitrogens is 1. The van der Waals surface area contributed by atoms with Crippen molar-refractivity contribution >= 4 is 23.4 Å². The number of thioether (sulfide) groups is 1. The number of aromatic amines is 1. The van der Waals surface area contributed by atoms with E-state index in [-0.39, 0.29) is 22.3 Å². The quantitative estimate of drug-likeness (QED) is 0.571. The fourth-order valence-corrected chi connectivity index (χ4v) is 2.80. The summed E-state index contributed by atoms with van der Waals surface area (Å²) in [6.45, 7) is 0. The van der Waals surface area contributed by atoms with E-state index < -0.39 is 17.6 Å². The molecule has 3 rings (SSSR count). The number of carbonyl (C=O) groups is 1. The normalized spacial score (nSPS) is 11.4. The summed E-state index contributed by atoms with van der Waals surface area (Å²) in [6.07, 6.45) is -4.48. The van der Waals surface area contributed by atoms with Gasteiger partial charge in [-0.1, -0.05) is 30.0 Å². The minimum absolute atomic E-state index is 0.0347. The van der Waals surface area contributed by atoms with Crippen LogP contribution in [0.25, 0.3) is 11.4 Å². The summed E-state index contributed by atoms with van der Waals surface area (Å²) in [4.78, 5) is 16.1. The van der Waals surface area contributed by atoms with Crippen LogP contribution in [-0.2, 0) is 11.0 Å². The van der Waals surface area contributed by atoms with Crippen LogP contribution in [0.2, 0.25) is 0 Å². The van der Waals surface area contributed by atoms with Crippen molar-refractivity contribution in [3.63, 3.8) is 0 Å². The minimum atomic E-state index is -4.48. The average Bonchev–Trinajstić information content (AvgIpc) is 3.09. The number of nitrogens with zero attached hydrogens (tertiary/aromatic N) is 2. The first-order valence-electron chi connectivity index (χ1n) is 7.63. The largest absolute Gasteiger partial charge is 0.507 e. The van der Waals surface area contributed by atoms with Gasteiger partial charge in [-0.3, -0.25) is 9.89 Å². The highest BCUT2D eigenvalue weighted by atomic mass is 32.2. The highest BCUT2D eigenvalue weighted by molar-refractivity contribution is 7.99. The molecular weight excluding hydrogens is 381 g/mol. The van der Waals surface area contributed by atoms with Crippen LogP contribution in [0.4, 0.5) is 18.9 Å². The zero-order valence-corrected chi connectivity index (χ0v) is 14.4. The van der Waals surface area contributed by atoms with Crippen molar-refractivity contribution < 1.29 is 23.1 Å². The van der Waals surface area contributed by atoms with E-state index in [1.165, 1.54) is 18.2 Å². The lowest BCUT2D eigenvalue weighted by atomic mass is 10.2.